The number of nitrogens with one attached hydrogen (secondary N) is 1. The summed E-state index contributed by atoms with van der Waals surface area (Å²) in [7, 11) is 0. The van der Waals surface area contributed by atoms with Crippen LogP contribution in [-0.4, -0.2) is 40.3 Å². The molecule has 0 aromatic rings. The van der Waals surface area contributed by atoms with Gasteiger partial charge in [-0.25, -0.2) is 4.79 Å². The van der Waals surface area contributed by atoms with Gasteiger partial charge in [0.25, 0.3) is 0 Å². The van der Waals surface area contributed by atoms with Crippen molar-refractivity contribution in [1.29, 1.82) is 0 Å². The number of amides is 1. The number of carbonyl (C=O) groups excluding carboxylic acids is 1. The van der Waals surface area contributed by atoms with Gasteiger partial charge in [-0.05, 0) is 13.3 Å². The van der Waals surface area contributed by atoms with E-state index >= 15 is 0 Å². The fourth-order valence-corrected chi connectivity index (χ4v) is 1.33. The molecule has 0 aromatic heterocycles. The molecule has 0 fully saturated rings. The largest absolute Gasteiger partial charge is 0.480 e. The molecule has 0 saturated carbocycles. The molecule has 94 valence electrons. The van der Waals surface area contributed by atoms with E-state index in [-0.39, 0.29) is 12.5 Å². The van der Waals surface area contributed by atoms with Gasteiger partial charge in [-0.2, -0.15) is 0 Å². The fourth-order valence-electron chi connectivity index (χ4n) is 1.33. The molecule has 0 radical (unpaired) electrons. The van der Waals surface area contributed by atoms with Crippen molar-refractivity contribution in [2.75, 3.05) is 0 Å². The molecule has 0 aromatic carbocycles. The Labute approximate surface area is 94.8 Å². The van der Waals surface area contributed by atoms with E-state index in [2.05, 4.69) is 5.32 Å². The standard InChI is InChI=1S/C10H20N2O4/c1-3-4-7(11)5-8(14)12-9(6(2)13)10(15)16/h6-7,9,13H,3-5,11H2,1-2H3,(H,12,14)(H,15,16)/t6-,7?,9+/m1/s1. The number of aliphatic hydroxyl groups is 1. The maximum absolute atomic E-state index is 11.4. The van der Waals surface area contributed by atoms with Crippen LogP contribution in [0.5, 0.6) is 0 Å². The molecule has 6 nitrogen and oxygen atoms in total. The second-order valence-corrected chi connectivity index (χ2v) is 3.88. The molecule has 0 aliphatic carbocycles. The number of carboxylic acid groups (broad SMARTS) is 1. The molecular weight excluding hydrogens is 212 g/mol. The molecule has 0 spiro atoms. The minimum atomic E-state index is -1.28. The molecule has 5 N–H and O–H groups in total. The number of hydrogen-bond donors (Lipinski definition) is 4. The third-order valence-electron chi connectivity index (χ3n) is 2.17. The van der Waals surface area contributed by atoms with Gasteiger partial charge in [0.05, 0.1) is 6.10 Å². The van der Waals surface area contributed by atoms with Gasteiger partial charge in [-0.1, -0.05) is 13.3 Å². The Balaban J connectivity index is 4.15. The van der Waals surface area contributed by atoms with Crippen LogP contribution in [0.4, 0.5) is 0 Å². The Morgan fingerprint density at radius 2 is 2.00 bits per heavy atom. The number of carbonyl (C=O) groups is 2. The number of hydrogen-bond acceptors (Lipinski definition) is 4. The van der Waals surface area contributed by atoms with Gasteiger partial charge >= 0.3 is 5.97 Å². The predicted octanol–water partition coefficient (Wildman–Crippen LogP) is -0.546. The van der Waals surface area contributed by atoms with E-state index in [1.807, 2.05) is 6.92 Å². The lowest BCUT2D eigenvalue weighted by atomic mass is 10.1. The third-order valence-corrected chi connectivity index (χ3v) is 2.17. The van der Waals surface area contributed by atoms with Crippen molar-refractivity contribution in [3.05, 3.63) is 0 Å². The minimum Gasteiger partial charge on any atom is -0.480 e. The first-order valence-corrected chi connectivity index (χ1v) is 5.34. The van der Waals surface area contributed by atoms with Crippen LogP contribution in [0.2, 0.25) is 0 Å². The van der Waals surface area contributed by atoms with Crippen LogP contribution in [0.3, 0.4) is 0 Å². The summed E-state index contributed by atoms with van der Waals surface area (Å²) in [6, 6.07) is -1.55. The highest BCUT2D eigenvalue weighted by atomic mass is 16.4. The Morgan fingerprint density at radius 1 is 1.44 bits per heavy atom. The number of rotatable bonds is 7. The van der Waals surface area contributed by atoms with Crippen molar-refractivity contribution in [1.82, 2.24) is 5.32 Å². The highest BCUT2D eigenvalue weighted by molar-refractivity contribution is 5.84. The van der Waals surface area contributed by atoms with Crippen LogP contribution in [0, 0.1) is 0 Å². The van der Waals surface area contributed by atoms with Gasteiger partial charge in [0.2, 0.25) is 5.91 Å². The van der Waals surface area contributed by atoms with Crippen LogP contribution in [-0.2, 0) is 9.59 Å². The number of aliphatic carboxylic acids is 1. The summed E-state index contributed by atoms with van der Waals surface area (Å²) >= 11 is 0. The Morgan fingerprint density at radius 3 is 2.38 bits per heavy atom. The fraction of sp³-hybridized carbons (Fsp3) is 0.800. The van der Waals surface area contributed by atoms with Gasteiger partial charge in [0, 0.05) is 12.5 Å². The zero-order chi connectivity index (χ0) is 12.7. The molecule has 0 heterocycles. The summed E-state index contributed by atoms with van der Waals surface area (Å²) in [5.41, 5.74) is 5.64. The zero-order valence-corrected chi connectivity index (χ0v) is 9.64. The average molecular weight is 232 g/mol. The second kappa shape index (κ2) is 7.19. The summed E-state index contributed by atoms with van der Waals surface area (Å²) in [5.74, 6) is -1.71. The third kappa shape index (κ3) is 5.67. The van der Waals surface area contributed by atoms with Crippen molar-refractivity contribution in [3.8, 4) is 0 Å². The summed E-state index contributed by atoms with van der Waals surface area (Å²) in [6.07, 6.45) is 0.515. The molecule has 0 aliphatic heterocycles. The van der Waals surface area contributed by atoms with Crippen LogP contribution < -0.4 is 11.1 Å². The molecule has 1 unspecified atom stereocenters. The van der Waals surface area contributed by atoms with Crippen molar-refractivity contribution in [2.45, 2.75) is 51.3 Å². The van der Waals surface area contributed by atoms with Gasteiger partial charge in [0.1, 0.15) is 0 Å². The summed E-state index contributed by atoms with van der Waals surface area (Å²) < 4.78 is 0. The van der Waals surface area contributed by atoms with E-state index < -0.39 is 24.0 Å². The van der Waals surface area contributed by atoms with E-state index in [1.54, 1.807) is 0 Å². The molecule has 0 bridgehead atoms. The Kier molecular flexibility index (Phi) is 6.67. The van der Waals surface area contributed by atoms with Crippen molar-refractivity contribution in [3.63, 3.8) is 0 Å². The van der Waals surface area contributed by atoms with Crippen molar-refractivity contribution < 1.29 is 19.8 Å². The lowest BCUT2D eigenvalue weighted by molar-refractivity contribution is -0.144. The predicted molar refractivity (Wildman–Crippen MR) is 58.7 cm³/mol. The number of aliphatic hydroxyl groups excluding tert-OH is 1. The van der Waals surface area contributed by atoms with Crippen LogP contribution in [0.1, 0.15) is 33.1 Å². The molecule has 16 heavy (non-hydrogen) atoms. The van der Waals surface area contributed by atoms with E-state index in [4.69, 9.17) is 15.9 Å². The zero-order valence-electron chi connectivity index (χ0n) is 9.64. The van der Waals surface area contributed by atoms with Crippen LogP contribution in [0.25, 0.3) is 0 Å². The smallest absolute Gasteiger partial charge is 0.328 e. The van der Waals surface area contributed by atoms with E-state index in [0.29, 0.717) is 6.42 Å². The molecule has 0 saturated heterocycles. The van der Waals surface area contributed by atoms with Crippen molar-refractivity contribution >= 4 is 11.9 Å². The van der Waals surface area contributed by atoms with Crippen LogP contribution >= 0.6 is 0 Å². The Hall–Kier alpha value is -1.14. The van der Waals surface area contributed by atoms with Crippen molar-refractivity contribution in [2.24, 2.45) is 5.73 Å². The summed E-state index contributed by atoms with van der Waals surface area (Å²) in [5, 5.41) is 20.1. The van der Waals surface area contributed by atoms with Gasteiger partial charge in [-0.15, -0.1) is 0 Å². The lowest BCUT2D eigenvalue weighted by Gasteiger charge is -2.18. The maximum atomic E-state index is 11.4. The summed E-state index contributed by atoms with van der Waals surface area (Å²) in [4.78, 5) is 22.1. The molecule has 3 atom stereocenters. The summed E-state index contributed by atoms with van der Waals surface area (Å²) in [6.45, 7) is 3.26. The first-order valence-electron chi connectivity index (χ1n) is 5.34. The normalized spacial score (nSPS) is 16.2. The van der Waals surface area contributed by atoms with E-state index in [9.17, 15) is 9.59 Å². The van der Waals surface area contributed by atoms with E-state index in [1.165, 1.54) is 6.92 Å². The molecule has 0 rings (SSSR count). The topological polar surface area (TPSA) is 113 Å². The first kappa shape index (κ1) is 14.9. The first-order chi connectivity index (χ1) is 7.38. The van der Waals surface area contributed by atoms with Crippen LogP contribution in [0.15, 0.2) is 0 Å². The van der Waals surface area contributed by atoms with E-state index in [0.717, 1.165) is 6.42 Å². The lowest BCUT2D eigenvalue weighted by Crippen LogP contribution is -2.48. The second-order valence-electron chi connectivity index (χ2n) is 3.88. The average Bonchev–Trinajstić information content (AvgIpc) is 2.13. The monoisotopic (exact) mass is 232 g/mol. The Bertz CT molecular complexity index is 243. The SMILES string of the molecule is CCCC(N)CC(=O)N[C@H](C(=O)O)[C@@H](C)O. The molecule has 0 aliphatic rings. The minimum absolute atomic E-state index is 0.0738. The van der Waals surface area contributed by atoms with Gasteiger partial charge in [-0.3, -0.25) is 4.79 Å². The number of nitrogens with two attached hydrogens (primary N) is 1. The molecular formula is C10H20N2O4. The highest BCUT2D eigenvalue weighted by Gasteiger charge is 2.25. The quantitative estimate of drug-likeness (QED) is 0.470. The highest BCUT2D eigenvalue weighted by Crippen LogP contribution is 2.00. The molecule has 1 amide bonds. The van der Waals surface area contributed by atoms with Gasteiger partial charge < -0.3 is 21.3 Å². The van der Waals surface area contributed by atoms with Gasteiger partial charge in [0.15, 0.2) is 6.04 Å². The maximum Gasteiger partial charge on any atom is 0.328 e. The number of carboxylic acids is 1. The molecule has 6 heteroatoms.